The quantitative estimate of drug-likeness (QED) is 0.770. The number of carbonyl (C=O) groups is 1. The van der Waals surface area contributed by atoms with Crippen molar-refractivity contribution in [2.45, 2.75) is 44.8 Å². The first-order chi connectivity index (χ1) is 14.0. The van der Waals surface area contributed by atoms with Crippen LogP contribution < -0.4 is 0 Å². The van der Waals surface area contributed by atoms with Gasteiger partial charge in [-0.15, -0.1) is 5.10 Å². The third kappa shape index (κ3) is 4.18. The third-order valence-electron chi connectivity index (χ3n) is 5.99. The Labute approximate surface area is 170 Å². The molecule has 2 aliphatic rings. The normalized spacial score (nSPS) is 20.9. The van der Waals surface area contributed by atoms with Gasteiger partial charge in [-0.05, 0) is 64.9 Å². The smallest absolute Gasteiger partial charge is 0.276 e. The molecule has 1 aromatic carbocycles. The van der Waals surface area contributed by atoms with Crippen LogP contribution in [0.3, 0.4) is 0 Å². The van der Waals surface area contributed by atoms with Crippen molar-refractivity contribution in [1.82, 2.24) is 24.8 Å². The first-order valence-corrected chi connectivity index (χ1v) is 10.3. The predicted octanol–water partition coefficient (Wildman–Crippen LogP) is 2.43. The van der Waals surface area contributed by atoms with E-state index >= 15 is 0 Å². The molecule has 2 saturated heterocycles. The second-order valence-electron chi connectivity index (χ2n) is 8.01. The number of aromatic nitrogens is 3. The first kappa shape index (κ1) is 20.0. The van der Waals surface area contributed by atoms with Crippen LogP contribution in [0.1, 0.15) is 41.9 Å². The second kappa shape index (κ2) is 8.59. The molecule has 1 aromatic heterocycles. The minimum atomic E-state index is -0.397. The molecule has 2 aromatic rings. The van der Waals surface area contributed by atoms with Gasteiger partial charge in [0.05, 0.1) is 11.8 Å². The van der Waals surface area contributed by atoms with Crippen LogP contribution in [-0.2, 0) is 4.74 Å². The largest absolute Gasteiger partial charge is 0.376 e. The Morgan fingerprint density at radius 2 is 2.03 bits per heavy atom. The van der Waals surface area contributed by atoms with Crippen LogP contribution in [0.5, 0.6) is 0 Å². The molecule has 4 rings (SSSR count). The highest BCUT2D eigenvalue weighted by Gasteiger charge is 2.33. The van der Waals surface area contributed by atoms with Crippen molar-refractivity contribution in [2.24, 2.45) is 0 Å². The number of amides is 1. The van der Waals surface area contributed by atoms with Gasteiger partial charge in [0.15, 0.2) is 5.69 Å². The maximum absolute atomic E-state index is 14.2. The summed E-state index contributed by atoms with van der Waals surface area (Å²) in [5, 5.41) is 8.22. The fourth-order valence-corrected chi connectivity index (χ4v) is 4.23. The lowest BCUT2D eigenvalue weighted by molar-refractivity contribution is 0.0315. The maximum Gasteiger partial charge on any atom is 0.276 e. The highest BCUT2D eigenvalue weighted by molar-refractivity contribution is 5.93. The average molecular weight is 401 g/mol. The van der Waals surface area contributed by atoms with Crippen LogP contribution in [0, 0.1) is 12.7 Å². The summed E-state index contributed by atoms with van der Waals surface area (Å²) in [5.74, 6) is -0.541. The lowest BCUT2D eigenvalue weighted by Gasteiger charge is -2.38. The maximum atomic E-state index is 14.2. The Morgan fingerprint density at radius 3 is 2.72 bits per heavy atom. The molecule has 8 heteroatoms. The van der Waals surface area contributed by atoms with Crippen molar-refractivity contribution in [3.63, 3.8) is 0 Å². The number of para-hydroxylation sites is 1. The highest BCUT2D eigenvalue weighted by atomic mass is 19.1. The summed E-state index contributed by atoms with van der Waals surface area (Å²) in [5.41, 5.74) is 1.12. The number of hydrogen-bond acceptors (Lipinski definition) is 5. The lowest BCUT2D eigenvalue weighted by Crippen LogP contribution is -2.49. The van der Waals surface area contributed by atoms with E-state index in [9.17, 15) is 9.18 Å². The monoisotopic (exact) mass is 401 g/mol. The second-order valence-corrected chi connectivity index (χ2v) is 8.01. The Balaban J connectivity index is 1.61. The summed E-state index contributed by atoms with van der Waals surface area (Å²) in [6.45, 7) is 5.00. The van der Waals surface area contributed by atoms with Gasteiger partial charge >= 0.3 is 0 Å². The Morgan fingerprint density at radius 1 is 1.28 bits per heavy atom. The SMILES string of the molecule is Cc1c(C(=O)N(CC2CCCO2)C2CCN(C)CC2)nnn1-c1ccccc1F. The van der Waals surface area contributed by atoms with E-state index in [1.54, 1.807) is 25.1 Å². The van der Waals surface area contributed by atoms with Crippen molar-refractivity contribution >= 4 is 5.91 Å². The molecule has 0 spiro atoms. The third-order valence-corrected chi connectivity index (χ3v) is 5.99. The lowest BCUT2D eigenvalue weighted by atomic mass is 10.0. The van der Waals surface area contributed by atoms with Crippen LogP contribution in [0.4, 0.5) is 4.39 Å². The summed E-state index contributed by atoms with van der Waals surface area (Å²) in [7, 11) is 2.10. The number of hydrogen-bond donors (Lipinski definition) is 0. The standard InChI is InChI=1S/C21H28FN5O2/c1-15-20(23-24-27(15)19-8-4-3-7-18(19)22)21(28)26(14-17-6-5-13-29-17)16-9-11-25(2)12-10-16/h3-4,7-8,16-17H,5-6,9-14H2,1-2H3. The van der Waals surface area contributed by atoms with E-state index in [1.807, 2.05) is 4.90 Å². The molecule has 3 heterocycles. The molecule has 0 radical (unpaired) electrons. The van der Waals surface area contributed by atoms with Gasteiger partial charge in [0.2, 0.25) is 0 Å². The van der Waals surface area contributed by atoms with Crippen molar-refractivity contribution in [3.05, 3.63) is 41.5 Å². The number of piperidine rings is 1. The van der Waals surface area contributed by atoms with Crippen LogP contribution in [0.15, 0.2) is 24.3 Å². The van der Waals surface area contributed by atoms with Crippen molar-refractivity contribution < 1.29 is 13.9 Å². The Kier molecular flexibility index (Phi) is 5.91. The summed E-state index contributed by atoms with van der Waals surface area (Å²) in [6.07, 6.45) is 3.92. The topological polar surface area (TPSA) is 63.5 Å². The van der Waals surface area contributed by atoms with Gasteiger partial charge in [-0.1, -0.05) is 17.3 Å². The number of halogens is 1. The van der Waals surface area contributed by atoms with Crippen LogP contribution in [0.2, 0.25) is 0 Å². The fraction of sp³-hybridized carbons (Fsp3) is 0.571. The van der Waals surface area contributed by atoms with Crippen molar-refractivity contribution in [2.75, 3.05) is 33.3 Å². The van der Waals surface area contributed by atoms with E-state index in [0.717, 1.165) is 45.4 Å². The Bertz CT molecular complexity index is 857. The highest BCUT2D eigenvalue weighted by Crippen LogP contribution is 2.23. The van der Waals surface area contributed by atoms with Gasteiger partial charge in [-0.2, -0.15) is 0 Å². The van der Waals surface area contributed by atoms with E-state index in [4.69, 9.17) is 4.74 Å². The van der Waals surface area contributed by atoms with Crippen LogP contribution in [0.25, 0.3) is 5.69 Å². The molecule has 1 unspecified atom stereocenters. The zero-order valence-electron chi connectivity index (χ0n) is 17.1. The molecule has 2 aliphatic heterocycles. The number of carbonyl (C=O) groups excluding carboxylic acids is 1. The van der Waals surface area contributed by atoms with E-state index in [1.165, 1.54) is 10.7 Å². The van der Waals surface area contributed by atoms with Crippen LogP contribution >= 0.6 is 0 Å². The number of rotatable bonds is 5. The minimum absolute atomic E-state index is 0.0699. The molecule has 0 aliphatic carbocycles. The molecular weight excluding hydrogens is 373 g/mol. The van der Waals surface area contributed by atoms with Gasteiger partial charge in [-0.25, -0.2) is 9.07 Å². The Hall–Kier alpha value is -2.32. The summed E-state index contributed by atoms with van der Waals surface area (Å²) >= 11 is 0. The van der Waals surface area contributed by atoms with Gasteiger partial charge in [-0.3, -0.25) is 4.79 Å². The van der Waals surface area contributed by atoms with Gasteiger partial charge in [0.25, 0.3) is 5.91 Å². The molecule has 1 amide bonds. The molecule has 0 bridgehead atoms. The molecular formula is C21H28FN5O2. The van der Waals surface area contributed by atoms with Gasteiger partial charge < -0.3 is 14.5 Å². The molecule has 29 heavy (non-hydrogen) atoms. The fourth-order valence-electron chi connectivity index (χ4n) is 4.23. The zero-order valence-corrected chi connectivity index (χ0v) is 17.1. The van der Waals surface area contributed by atoms with E-state index in [0.29, 0.717) is 17.9 Å². The number of likely N-dealkylation sites (tertiary alicyclic amines) is 1. The number of nitrogens with zero attached hydrogens (tertiary/aromatic N) is 5. The zero-order chi connectivity index (χ0) is 20.4. The van der Waals surface area contributed by atoms with Gasteiger partial charge in [0.1, 0.15) is 11.5 Å². The summed E-state index contributed by atoms with van der Waals surface area (Å²) < 4.78 is 21.4. The van der Waals surface area contributed by atoms with E-state index < -0.39 is 5.82 Å². The van der Waals surface area contributed by atoms with E-state index in [-0.39, 0.29) is 23.7 Å². The van der Waals surface area contributed by atoms with Crippen molar-refractivity contribution in [3.8, 4) is 5.69 Å². The summed E-state index contributed by atoms with van der Waals surface area (Å²) in [6, 6.07) is 6.53. The molecule has 0 N–H and O–H groups in total. The summed E-state index contributed by atoms with van der Waals surface area (Å²) in [4.78, 5) is 17.7. The predicted molar refractivity (Wildman–Crippen MR) is 107 cm³/mol. The molecule has 1 atom stereocenters. The van der Waals surface area contributed by atoms with Crippen LogP contribution in [-0.4, -0.2) is 76.1 Å². The van der Waals surface area contributed by atoms with Crippen molar-refractivity contribution in [1.29, 1.82) is 0 Å². The van der Waals surface area contributed by atoms with E-state index in [2.05, 4.69) is 22.3 Å². The molecule has 7 nitrogen and oxygen atoms in total. The number of ether oxygens (including phenoxy) is 1. The molecule has 156 valence electrons. The molecule has 2 fully saturated rings. The number of benzene rings is 1. The minimum Gasteiger partial charge on any atom is -0.376 e. The molecule has 0 saturated carbocycles. The van der Waals surface area contributed by atoms with Gasteiger partial charge in [0, 0.05) is 19.2 Å². The average Bonchev–Trinajstić information content (AvgIpc) is 3.37. The first-order valence-electron chi connectivity index (χ1n) is 10.3.